The molecule has 0 aliphatic carbocycles. The molecule has 1 nitrogen and oxygen atoms in total. The normalized spacial score (nSPS) is 5.33. The molecule has 49 valence electrons. The summed E-state index contributed by atoms with van der Waals surface area (Å²) in [5, 5.41) is 0. The van der Waals surface area contributed by atoms with E-state index in [1.54, 1.807) is 0 Å². The quantitative estimate of drug-likeness (QED) is 0.560. The Kier molecular flexibility index (Phi) is 20.0. The molecule has 1 aromatic rings. The predicted octanol–water partition coefficient (Wildman–Crippen LogP) is 1.11. The van der Waals surface area contributed by atoms with E-state index in [0.717, 1.165) is 0 Å². The van der Waals surface area contributed by atoms with Gasteiger partial charge in [0.25, 0.3) is 0 Å². The van der Waals surface area contributed by atoms with Crippen molar-refractivity contribution in [3.63, 3.8) is 0 Å². The second kappa shape index (κ2) is 11.1. The van der Waals surface area contributed by atoms with E-state index in [2.05, 4.69) is 6.07 Å². The van der Waals surface area contributed by atoms with E-state index in [1.165, 1.54) is 0 Å². The van der Waals surface area contributed by atoms with Gasteiger partial charge < -0.3 is 12.9 Å². The molecule has 0 heterocycles. The zero-order chi connectivity index (χ0) is 4.24. The van der Waals surface area contributed by atoms with Gasteiger partial charge in [0.05, 0.1) is 0 Å². The molecule has 0 aliphatic heterocycles. The fourth-order valence-corrected chi connectivity index (χ4v) is 0.342. The van der Waals surface area contributed by atoms with Gasteiger partial charge in [-0.05, 0) is 0 Å². The van der Waals surface area contributed by atoms with E-state index in [4.69, 9.17) is 0 Å². The Morgan fingerprint density at radius 3 is 1.44 bits per heavy atom. The van der Waals surface area contributed by atoms with Crippen LogP contribution in [0.3, 0.4) is 0 Å². The van der Waals surface area contributed by atoms with Gasteiger partial charge >= 0.3 is 0 Å². The topological polar surface area (TPSA) is 31.5 Å². The van der Waals surface area contributed by atoms with Crippen molar-refractivity contribution in [3.8, 4) is 0 Å². The van der Waals surface area contributed by atoms with Crippen LogP contribution in [0.5, 0.6) is 0 Å². The maximum atomic E-state index is 2.89. The van der Waals surface area contributed by atoms with Gasteiger partial charge in [-0.3, -0.25) is 0 Å². The Balaban J connectivity index is -0.000000120. The summed E-state index contributed by atoms with van der Waals surface area (Å²) in [6.07, 6.45) is 0. The molecule has 0 amide bonds. The molecular weight excluding hydrogens is 189 g/mol. The summed E-state index contributed by atoms with van der Waals surface area (Å²) in [7, 11) is 0. The van der Waals surface area contributed by atoms with E-state index in [9.17, 15) is 0 Å². The number of hydrogen-bond acceptors (Lipinski definition) is 0. The summed E-state index contributed by atoms with van der Waals surface area (Å²) in [4.78, 5) is 0. The fourth-order valence-electron chi connectivity index (χ4n) is 0.342. The van der Waals surface area contributed by atoms with Gasteiger partial charge in [-0.1, -0.05) is 0 Å². The third-order valence-corrected chi connectivity index (χ3v) is 0.607. The Bertz CT molecular complexity index is 80.8. The van der Waals surface area contributed by atoms with Gasteiger partial charge in [0, 0.05) is 32.7 Å². The molecule has 2 heteroatoms. The van der Waals surface area contributed by atoms with Crippen molar-refractivity contribution in [1.82, 2.24) is 0 Å². The third-order valence-electron chi connectivity index (χ3n) is 0.607. The van der Waals surface area contributed by atoms with Gasteiger partial charge in [0.15, 0.2) is 0 Å². The van der Waals surface area contributed by atoms with Gasteiger partial charge in [-0.25, -0.2) is 0 Å². The molecular formula is C7H10OY-2. The Morgan fingerprint density at radius 1 is 0.889 bits per heavy atom. The molecule has 0 aliphatic rings. The van der Waals surface area contributed by atoms with Crippen LogP contribution in [0, 0.1) is 13.5 Å². The van der Waals surface area contributed by atoms with E-state index >= 15 is 0 Å². The van der Waals surface area contributed by atoms with Crippen LogP contribution in [0.4, 0.5) is 0 Å². The summed E-state index contributed by atoms with van der Waals surface area (Å²) in [6.45, 7) is 0. The smallest absolute Gasteiger partial charge is 0 e. The van der Waals surface area contributed by atoms with E-state index in [0.29, 0.717) is 0 Å². The average molecular weight is 199 g/mol. The molecule has 1 radical (unpaired) electrons. The second-order valence-electron chi connectivity index (χ2n) is 1.08. The van der Waals surface area contributed by atoms with Crippen molar-refractivity contribution < 1.29 is 38.2 Å². The van der Waals surface area contributed by atoms with Gasteiger partial charge in [0.1, 0.15) is 0 Å². The summed E-state index contributed by atoms with van der Waals surface area (Å²) in [6, 6.07) is 12.5. The van der Waals surface area contributed by atoms with Gasteiger partial charge in [0.2, 0.25) is 0 Å². The maximum Gasteiger partial charge on any atom is 0 e. The molecule has 2 N–H and O–H groups in total. The molecule has 0 spiro atoms. The minimum absolute atomic E-state index is 0. The van der Waals surface area contributed by atoms with Gasteiger partial charge in [-0.15, -0.1) is 0 Å². The first-order valence-electron chi connectivity index (χ1n) is 1.91. The van der Waals surface area contributed by atoms with Crippen LogP contribution < -0.4 is 0 Å². The fraction of sp³-hybridized carbons (Fsp3) is 0. The predicted molar refractivity (Wildman–Crippen MR) is 35.3 cm³/mol. The largest absolute Gasteiger partial charge is 0.412 e. The molecule has 0 bridgehead atoms. The summed E-state index contributed by atoms with van der Waals surface area (Å²) < 4.78 is 0. The molecule has 0 atom stereocenters. The van der Waals surface area contributed by atoms with Crippen LogP contribution in [-0.2, 0) is 32.7 Å². The van der Waals surface area contributed by atoms with Crippen molar-refractivity contribution in [1.29, 1.82) is 0 Å². The molecule has 0 unspecified atom stereocenters. The van der Waals surface area contributed by atoms with Crippen LogP contribution in [0.15, 0.2) is 30.3 Å². The Morgan fingerprint density at radius 2 is 1.33 bits per heavy atom. The third kappa shape index (κ3) is 8.28. The first-order chi connectivity index (χ1) is 3.00. The van der Waals surface area contributed by atoms with Crippen LogP contribution >= 0.6 is 0 Å². The first kappa shape index (κ1) is 16.1. The van der Waals surface area contributed by atoms with E-state index in [1.807, 2.05) is 30.3 Å². The molecule has 1 rings (SSSR count). The average Bonchev–Trinajstić information content (AvgIpc) is 1.72. The summed E-state index contributed by atoms with van der Waals surface area (Å²) >= 11 is 0. The number of rotatable bonds is 0. The van der Waals surface area contributed by atoms with Crippen molar-refractivity contribution in [3.05, 3.63) is 43.8 Å². The SMILES string of the molecule is O.[CH3-].[Y].[c-]1ccccc1. The number of hydrogen-bond donors (Lipinski definition) is 0. The number of benzene rings is 1. The minimum atomic E-state index is 0. The van der Waals surface area contributed by atoms with E-state index in [-0.39, 0.29) is 45.6 Å². The monoisotopic (exact) mass is 199 g/mol. The van der Waals surface area contributed by atoms with Crippen LogP contribution in [0.2, 0.25) is 0 Å². The zero-order valence-corrected chi connectivity index (χ0v) is 8.30. The van der Waals surface area contributed by atoms with Crippen molar-refractivity contribution in [2.45, 2.75) is 0 Å². The van der Waals surface area contributed by atoms with E-state index < -0.39 is 0 Å². The molecule has 0 fully saturated rings. The molecule has 1 aromatic carbocycles. The molecule has 0 aromatic heterocycles. The summed E-state index contributed by atoms with van der Waals surface area (Å²) in [5.74, 6) is 0. The van der Waals surface area contributed by atoms with Crippen LogP contribution in [0.1, 0.15) is 0 Å². The Hall–Kier alpha value is 0.284. The first-order valence-corrected chi connectivity index (χ1v) is 1.91. The van der Waals surface area contributed by atoms with Gasteiger partial charge in [-0.2, -0.15) is 36.4 Å². The summed E-state index contributed by atoms with van der Waals surface area (Å²) in [5.41, 5.74) is 0. The Labute approximate surface area is 81.7 Å². The standard InChI is InChI=1S/C6H5.CH3.H2O.Y/c1-2-4-6-5-3-1;;;/h1-5H;1H3;1H2;/q2*-1;;. The van der Waals surface area contributed by atoms with Crippen LogP contribution in [0.25, 0.3) is 0 Å². The molecule has 0 saturated heterocycles. The molecule has 0 saturated carbocycles. The maximum absolute atomic E-state index is 2.89. The van der Waals surface area contributed by atoms with Crippen LogP contribution in [-0.4, -0.2) is 5.48 Å². The van der Waals surface area contributed by atoms with Crippen molar-refractivity contribution in [2.75, 3.05) is 0 Å². The van der Waals surface area contributed by atoms with Crippen molar-refractivity contribution in [2.24, 2.45) is 0 Å². The molecule has 9 heavy (non-hydrogen) atoms. The van der Waals surface area contributed by atoms with Crippen molar-refractivity contribution >= 4 is 0 Å². The second-order valence-corrected chi connectivity index (χ2v) is 1.08. The zero-order valence-electron chi connectivity index (χ0n) is 5.46. The minimum Gasteiger partial charge on any atom is -0.412 e.